The molecule has 6 nitrogen and oxygen atoms in total. The number of anilines is 2. The molecule has 3 heterocycles. The molecule has 22 heavy (non-hydrogen) atoms. The summed E-state index contributed by atoms with van der Waals surface area (Å²) in [5.74, 6) is 2.58. The summed E-state index contributed by atoms with van der Waals surface area (Å²) in [6.45, 7) is 9.60. The number of aryl methyl sites for hydroxylation is 1. The molecule has 0 aromatic carbocycles. The van der Waals surface area contributed by atoms with Crippen LogP contribution in [0.3, 0.4) is 0 Å². The second-order valence-corrected chi connectivity index (χ2v) is 6.49. The van der Waals surface area contributed by atoms with Gasteiger partial charge in [-0.15, -0.1) is 0 Å². The fraction of sp³-hybridized carbons (Fsp3) is 0.688. The lowest BCUT2D eigenvalue weighted by molar-refractivity contribution is -0.118. The zero-order valence-corrected chi connectivity index (χ0v) is 13.5. The Bertz CT molecular complexity index is 527. The van der Waals surface area contributed by atoms with Crippen molar-refractivity contribution >= 4 is 18.2 Å². The summed E-state index contributed by atoms with van der Waals surface area (Å²) >= 11 is 0. The Morgan fingerprint density at radius 2 is 1.91 bits per heavy atom. The maximum atomic E-state index is 10.8. The van der Waals surface area contributed by atoms with Gasteiger partial charge in [-0.25, -0.2) is 4.98 Å². The van der Waals surface area contributed by atoms with Crippen LogP contribution in [0.4, 0.5) is 11.8 Å². The average molecular weight is 303 g/mol. The van der Waals surface area contributed by atoms with E-state index < -0.39 is 0 Å². The first kappa shape index (κ1) is 15.1. The molecule has 1 atom stereocenters. The van der Waals surface area contributed by atoms with Crippen molar-refractivity contribution in [1.82, 2.24) is 14.9 Å². The lowest BCUT2D eigenvalue weighted by atomic mass is 10.0. The Morgan fingerprint density at radius 1 is 1.14 bits per heavy atom. The summed E-state index contributed by atoms with van der Waals surface area (Å²) in [5, 5.41) is 0. The van der Waals surface area contributed by atoms with Gasteiger partial charge in [-0.1, -0.05) is 6.92 Å². The molecule has 0 aliphatic carbocycles. The highest BCUT2D eigenvalue weighted by Gasteiger charge is 2.22. The minimum atomic E-state index is 0.726. The predicted molar refractivity (Wildman–Crippen MR) is 87.2 cm³/mol. The van der Waals surface area contributed by atoms with Crippen LogP contribution in [0.1, 0.15) is 25.5 Å². The van der Waals surface area contributed by atoms with E-state index in [-0.39, 0.29) is 0 Å². The van der Waals surface area contributed by atoms with Gasteiger partial charge < -0.3 is 14.7 Å². The van der Waals surface area contributed by atoms with E-state index >= 15 is 0 Å². The van der Waals surface area contributed by atoms with Gasteiger partial charge in [-0.2, -0.15) is 4.98 Å². The first-order chi connectivity index (χ1) is 10.7. The number of carbonyl (C=O) groups is 1. The van der Waals surface area contributed by atoms with Crippen LogP contribution in [0.15, 0.2) is 6.07 Å². The number of hydrogen-bond acceptors (Lipinski definition) is 5. The Balaban J connectivity index is 1.76. The van der Waals surface area contributed by atoms with E-state index in [9.17, 15) is 4.79 Å². The molecule has 6 heteroatoms. The number of rotatable bonds is 3. The van der Waals surface area contributed by atoms with Gasteiger partial charge in [0.05, 0.1) is 0 Å². The van der Waals surface area contributed by atoms with Crippen molar-refractivity contribution < 1.29 is 4.79 Å². The summed E-state index contributed by atoms with van der Waals surface area (Å²) in [6, 6.07) is 2.09. The largest absolute Gasteiger partial charge is 0.356 e. The molecular weight excluding hydrogens is 278 g/mol. The van der Waals surface area contributed by atoms with Gasteiger partial charge >= 0.3 is 0 Å². The zero-order valence-electron chi connectivity index (χ0n) is 13.5. The third kappa shape index (κ3) is 3.31. The number of carbonyl (C=O) groups excluding carboxylic acids is 1. The Kier molecular flexibility index (Phi) is 4.45. The van der Waals surface area contributed by atoms with Crippen LogP contribution in [-0.2, 0) is 4.79 Å². The van der Waals surface area contributed by atoms with Crippen LogP contribution in [0.5, 0.6) is 0 Å². The summed E-state index contributed by atoms with van der Waals surface area (Å²) in [4.78, 5) is 26.6. The second kappa shape index (κ2) is 6.50. The smallest absolute Gasteiger partial charge is 0.227 e. The molecular formula is C16H25N5O. The first-order valence-electron chi connectivity index (χ1n) is 8.20. The van der Waals surface area contributed by atoms with Crippen LogP contribution in [0.2, 0.25) is 0 Å². The maximum absolute atomic E-state index is 10.8. The van der Waals surface area contributed by atoms with Gasteiger partial charge in [0.1, 0.15) is 5.82 Å². The molecule has 0 N–H and O–H groups in total. The van der Waals surface area contributed by atoms with Gasteiger partial charge in [0.15, 0.2) is 0 Å². The standard InChI is InChI=1S/C16H25N5O/c1-13-4-3-5-21(11-13)15-10-14(2)17-16(18-15)20-8-6-19(12-22)7-9-20/h10,12-13H,3-9,11H2,1-2H3. The number of nitrogens with zero attached hydrogens (tertiary/aromatic N) is 5. The number of piperidine rings is 1. The molecule has 1 unspecified atom stereocenters. The number of amides is 1. The molecule has 2 fully saturated rings. The molecule has 2 aliphatic rings. The predicted octanol–water partition coefficient (Wildman–Crippen LogP) is 1.30. The third-order valence-corrected chi connectivity index (χ3v) is 4.56. The Labute approximate surface area is 132 Å². The number of piperazine rings is 1. The number of hydrogen-bond donors (Lipinski definition) is 0. The van der Waals surface area contributed by atoms with Crippen LogP contribution in [-0.4, -0.2) is 60.5 Å². The van der Waals surface area contributed by atoms with Gasteiger partial charge in [0.2, 0.25) is 12.4 Å². The topological polar surface area (TPSA) is 52.6 Å². The van der Waals surface area contributed by atoms with Crippen molar-refractivity contribution in [3.05, 3.63) is 11.8 Å². The Morgan fingerprint density at radius 3 is 2.59 bits per heavy atom. The normalized spacial score (nSPS) is 22.8. The quantitative estimate of drug-likeness (QED) is 0.788. The minimum absolute atomic E-state index is 0.726. The summed E-state index contributed by atoms with van der Waals surface area (Å²) < 4.78 is 0. The highest BCUT2D eigenvalue weighted by Crippen LogP contribution is 2.24. The molecule has 1 aromatic rings. The van der Waals surface area contributed by atoms with Crippen LogP contribution < -0.4 is 9.80 Å². The Hall–Kier alpha value is -1.85. The molecule has 1 aromatic heterocycles. The van der Waals surface area contributed by atoms with E-state index in [4.69, 9.17) is 4.98 Å². The lowest BCUT2D eigenvalue weighted by Crippen LogP contribution is -2.46. The maximum Gasteiger partial charge on any atom is 0.227 e. The molecule has 0 saturated carbocycles. The molecule has 120 valence electrons. The van der Waals surface area contributed by atoms with E-state index in [0.717, 1.165) is 69.1 Å². The van der Waals surface area contributed by atoms with Crippen molar-refractivity contribution in [2.45, 2.75) is 26.7 Å². The van der Waals surface area contributed by atoms with E-state index in [0.29, 0.717) is 0 Å². The summed E-state index contributed by atoms with van der Waals surface area (Å²) in [5.41, 5.74) is 1.01. The number of aromatic nitrogens is 2. The third-order valence-electron chi connectivity index (χ3n) is 4.56. The molecule has 2 aliphatic heterocycles. The molecule has 3 rings (SSSR count). The summed E-state index contributed by atoms with van der Waals surface area (Å²) in [7, 11) is 0. The van der Waals surface area contributed by atoms with Crippen LogP contribution in [0.25, 0.3) is 0 Å². The van der Waals surface area contributed by atoms with E-state index in [2.05, 4.69) is 27.8 Å². The van der Waals surface area contributed by atoms with Crippen molar-refractivity contribution in [2.24, 2.45) is 5.92 Å². The van der Waals surface area contributed by atoms with Crippen molar-refractivity contribution in [2.75, 3.05) is 49.1 Å². The summed E-state index contributed by atoms with van der Waals surface area (Å²) in [6.07, 6.45) is 3.47. The molecule has 0 radical (unpaired) electrons. The SMILES string of the molecule is Cc1cc(N2CCCC(C)C2)nc(N2CCN(C=O)CC2)n1. The van der Waals surface area contributed by atoms with Gasteiger partial charge in [0, 0.05) is 51.0 Å². The van der Waals surface area contributed by atoms with Crippen molar-refractivity contribution in [3.8, 4) is 0 Å². The van der Waals surface area contributed by atoms with Gasteiger partial charge in [-0.3, -0.25) is 4.79 Å². The molecule has 0 spiro atoms. The lowest BCUT2D eigenvalue weighted by Gasteiger charge is -2.35. The van der Waals surface area contributed by atoms with E-state index in [1.807, 2.05) is 6.92 Å². The first-order valence-corrected chi connectivity index (χ1v) is 8.20. The van der Waals surface area contributed by atoms with E-state index in [1.165, 1.54) is 12.8 Å². The van der Waals surface area contributed by atoms with Crippen molar-refractivity contribution in [3.63, 3.8) is 0 Å². The molecule has 2 saturated heterocycles. The van der Waals surface area contributed by atoms with E-state index in [1.54, 1.807) is 4.90 Å². The minimum Gasteiger partial charge on any atom is -0.356 e. The van der Waals surface area contributed by atoms with Crippen LogP contribution in [0, 0.1) is 12.8 Å². The monoisotopic (exact) mass is 303 g/mol. The van der Waals surface area contributed by atoms with Gasteiger partial charge in [0.25, 0.3) is 0 Å². The van der Waals surface area contributed by atoms with Crippen LogP contribution >= 0.6 is 0 Å². The van der Waals surface area contributed by atoms with Gasteiger partial charge in [-0.05, 0) is 25.7 Å². The fourth-order valence-corrected chi connectivity index (χ4v) is 3.26. The molecule has 0 bridgehead atoms. The fourth-order valence-electron chi connectivity index (χ4n) is 3.26. The highest BCUT2D eigenvalue weighted by molar-refractivity contribution is 5.50. The highest BCUT2D eigenvalue weighted by atomic mass is 16.1. The molecule has 1 amide bonds. The second-order valence-electron chi connectivity index (χ2n) is 6.49. The zero-order chi connectivity index (χ0) is 15.5. The van der Waals surface area contributed by atoms with Crippen molar-refractivity contribution in [1.29, 1.82) is 0 Å². The average Bonchev–Trinajstić information content (AvgIpc) is 2.54.